The standard InChI is InChI=1S/C24H34N4O3/c1-18-15-27(17-24(2,3)31)12-13-28(18)16-20-4-8-21(9-5-20)26-23(30)25-14-19-6-10-22(29)11-7-19/h4-11,18,29,31H,12-17H2,1-3H3,(H2,25,26,30). The zero-order valence-electron chi connectivity index (χ0n) is 18.6. The van der Waals surface area contributed by atoms with E-state index in [-0.39, 0.29) is 11.8 Å². The Morgan fingerprint density at radius 2 is 1.71 bits per heavy atom. The Hall–Kier alpha value is -2.61. The highest BCUT2D eigenvalue weighted by molar-refractivity contribution is 5.89. The van der Waals surface area contributed by atoms with Gasteiger partial charge in [-0.25, -0.2) is 4.79 Å². The average Bonchev–Trinajstić information content (AvgIpc) is 2.70. The van der Waals surface area contributed by atoms with E-state index in [1.54, 1.807) is 24.3 Å². The van der Waals surface area contributed by atoms with Gasteiger partial charge in [0.25, 0.3) is 0 Å². The molecule has 3 rings (SSSR count). The molecule has 168 valence electrons. The van der Waals surface area contributed by atoms with Crippen LogP contribution in [0, 0.1) is 0 Å². The van der Waals surface area contributed by atoms with Gasteiger partial charge in [0.1, 0.15) is 5.75 Å². The maximum atomic E-state index is 12.1. The van der Waals surface area contributed by atoms with Crippen LogP contribution in [0.25, 0.3) is 0 Å². The summed E-state index contributed by atoms with van der Waals surface area (Å²) in [5, 5.41) is 25.0. The van der Waals surface area contributed by atoms with Gasteiger partial charge in [-0.15, -0.1) is 0 Å². The van der Waals surface area contributed by atoms with E-state index in [4.69, 9.17) is 0 Å². The van der Waals surface area contributed by atoms with Crippen molar-refractivity contribution in [2.24, 2.45) is 0 Å². The number of rotatable bonds is 7. The second kappa shape index (κ2) is 10.1. The van der Waals surface area contributed by atoms with Crippen LogP contribution >= 0.6 is 0 Å². The van der Waals surface area contributed by atoms with Crippen LogP contribution in [0.15, 0.2) is 48.5 Å². The molecule has 1 aliphatic rings. The lowest BCUT2D eigenvalue weighted by atomic mass is 10.1. The zero-order chi connectivity index (χ0) is 22.4. The highest BCUT2D eigenvalue weighted by Crippen LogP contribution is 2.18. The van der Waals surface area contributed by atoms with Crippen molar-refractivity contribution in [2.45, 2.75) is 45.5 Å². The van der Waals surface area contributed by atoms with Crippen LogP contribution in [0.2, 0.25) is 0 Å². The molecule has 2 amide bonds. The van der Waals surface area contributed by atoms with Crippen LogP contribution in [-0.4, -0.2) is 63.9 Å². The van der Waals surface area contributed by atoms with Crippen molar-refractivity contribution in [1.82, 2.24) is 15.1 Å². The minimum absolute atomic E-state index is 0.207. The summed E-state index contributed by atoms with van der Waals surface area (Å²) in [7, 11) is 0. The molecule has 0 radical (unpaired) electrons. The monoisotopic (exact) mass is 426 g/mol. The van der Waals surface area contributed by atoms with Crippen LogP contribution in [-0.2, 0) is 13.1 Å². The highest BCUT2D eigenvalue weighted by Gasteiger charge is 2.27. The number of phenols is 1. The molecule has 4 N–H and O–H groups in total. The number of amides is 2. The Morgan fingerprint density at radius 1 is 1.06 bits per heavy atom. The largest absolute Gasteiger partial charge is 0.508 e. The van der Waals surface area contributed by atoms with Crippen LogP contribution in [0.1, 0.15) is 31.9 Å². The SMILES string of the molecule is CC1CN(CC(C)(C)O)CCN1Cc1ccc(NC(=O)NCc2ccc(O)cc2)cc1. The minimum Gasteiger partial charge on any atom is -0.508 e. The number of piperazine rings is 1. The summed E-state index contributed by atoms with van der Waals surface area (Å²) in [4.78, 5) is 16.9. The van der Waals surface area contributed by atoms with Gasteiger partial charge in [0.05, 0.1) is 5.60 Å². The first-order chi connectivity index (χ1) is 14.7. The third-order valence-electron chi connectivity index (χ3n) is 5.45. The lowest BCUT2D eigenvalue weighted by Crippen LogP contribution is -2.54. The number of nitrogens with one attached hydrogen (secondary N) is 2. The third-order valence-corrected chi connectivity index (χ3v) is 5.45. The summed E-state index contributed by atoms with van der Waals surface area (Å²) in [6, 6.07) is 14.8. The number of urea groups is 1. The predicted molar refractivity (Wildman–Crippen MR) is 123 cm³/mol. The number of β-amino-alcohol motifs (C(OH)–C–C–N with tert-alkyl or cyclic N) is 1. The van der Waals surface area contributed by atoms with E-state index in [0.717, 1.165) is 37.4 Å². The van der Waals surface area contributed by atoms with Crippen LogP contribution < -0.4 is 10.6 Å². The van der Waals surface area contributed by atoms with Gasteiger partial charge in [0.2, 0.25) is 0 Å². The van der Waals surface area contributed by atoms with Crippen molar-refractivity contribution in [3.05, 3.63) is 59.7 Å². The van der Waals surface area contributed by atoms with Gasteiger partial charge >= 0.3 is 6.03 Å². The van der Waals surface area contributed by atoms with Crippen LogP contribution in [0.4, 0.5) is 10.5 Å². The van der Waals surface area contributed by atoms with Gasteiger partial charge in [0, 0.05) is 51.0 Å². The second-order valence-electron chi connectivity index (χ2n) is 9.04. The maximum Gasteiger partial charge on any atom is 0.319 e. The van der Waals surface area contributed by atoms with E-state index in [0.29, 0.717) is 19.1 Å². The predicted octanol–water partition coefficient (Wildman–Crippen LogP) is 2.99. The molecule has 1 heterocycles. The van der Waals surface area contributed by atoms with Gasteiger partial charge in [-0.2, -0.15) is 0 Å². The van der Waals surface area contributed by atoms with E-state index in [1.807, 2.05) is 38.1 Å². The fourth-order valence-electron chi connectivity index (χ4n) is 3.90. The van der Waals surface area contributed by atoms with Crippen molar-refractivity contribution in [2.75, 3.05) is 31.5 Å². The molecule has 7 nitrogen and oxygen atoms in total. The number of phenolic OH excluding ortho intramolecular Hbond substituents is 1. The number of benzene rings is 2. The molecular formula is C24H34N4O3. The number of anilines is 1. The fourth-order valence-corrected chi connectivity index (χ4v) is 3.90. The van der Waals surface area contributed by atoms with E-state index in [9.17, 15) is 15.0 Å². The van der Waals surface area contributed by atoms with Crippen molar-refractivity contribution < 1.29 is 15.0 Å². The highest BCUT2D eigenvalue weighted by atomic mass is 16.3. The van der Waals surface area contributed by atoms with E-state index in [2.05, 4.69) is 27.4 Å². The van der Waals surface area contributed by atoms with Crippen molar-refractivity contribution in [1.29, 1.82) is 0 Å². The van der Waals surface area contributed by atoms with Crippen LogP contribution in [0.5, 0.6) is 5.75 Å². The molecule has 0 saturated carbocycles. The molecule has 0 aliphatic carbocycles. The zero-order valence-corrected chi connectivity index (χ0v) is 18.6. The maximum absolute atomic E-state index is 12.1. The summed E-state index contributed by atoms with van der Waals surface area (Å²) in [6.07, 6.45) is 0. The molecule has 1 unspecified atom stereocenters. The molecule has 1 saturated heterocycles. The van der Waals surface area contributed by atoms with Gasteiger partial charge in [0.15, 0.2) is 0 Å². The Balaban J connectivity index is 1.44. The van der Waals surface area contributed by atoms with Crippen molar-refractivity contribution in [3.8, 4) is 5.75 Å². The average molecular weight is 427 g/mol. The van der Waals surface area contributed by atoms with Crippen LogP contribution in [0.3, 0.4) is 0 Å². The van der Waals surface area contributed by atoms with Gasteiger partial charge < -0.3 is 20.8 Å². The molecule has 0 aromatic heterocycles. The first-order valence-corrected chi connectivity index (χ1v) is 10.8. The quantitative estimate of drug-likeness (QED) is 0.547. The second-order valence-corrected chi connectivity index (χ2v) is 9.04. The number of hydrogen-bond acceptors (Lipinski definition) is 5. The summed E-state index contributed by atoms with van der Waals surface area (Å²) in [6.45, 7) is 10.8. The van der Waals surface area contributed by atoms with E-state index in [1.165, 1.54) is 5.56 Å². The fraction of sp³-hybridized carbons (Fsp3) is 0.458. The minimum atomic E-state index is -0.666. The summed E-state index contributed by atoms with van der Waals surface area (Å²) in [5.41, 5.74) is 2.20. The Morgan fingerprint density at radius 3 is 2.32 bits per heavy atom. The summed E-state index contributed by atoms with van der Waals surface area (Å²) >= 11 is 0. The molecule has 2 aromatic rings. The number of carbonyl (C=O) groups is 1. The normalized spacial score (nSPS) is 18.0. The number of nitrogens with zero attached hydrogens (tertiary/aromatic N) is 2. The molecule has 0 spiro atoms. The van der Waals surface area contributed by atoms with E-state index < -0.39 is 5.60 Å². The Bertz CT molecular complexity index is 847. The lowest BCUT2D eigenvalue weighted by molar-refractivity contribution is 0.00198. The molecule has 2 aromatic carbocycles. The molecule has 31 heavy (non-hydrogen) atoms. The lowest BCUT2D eigenvalue weighted by Gasteiger charge is -2.41. The third kappa shape index (κ3) is 7.54. The Labute approximate surface area is 184 Å². The number of aliphatic hydroxyl groups is 1. The van der Waals surface area contributed by atoms with Gasteiger partial charge in [-0.1, -0.05) is 24.3 Å². The smallest absolute Gasteiger partial charge is 0.319 e. The summed E-state index contributed by atoms with van der Waals surface area (Å²) in [5.74, 6) is 0.207. The molecular weight excluding hydrogens is 392 g/mol. The number of hydrogen-bond donors (Lipinski definition) is 4. The number of aromatic hydroxyl groups is 1. The molecule has 0 bridgehead atoms. The molecule has 1 atom stereocenters. The van der Waals surface area contributed by atoms with Crippen molar-refractivity contribution >= 4 is 11.7 Å². The topological polar surface area (TPSA) is 88.1 Å². The van der Waals surface area contributed by atoms with Crippen molar-refractivity contribution in [3.63, 3.8) is 0 Å². The first kappa shape index (κ1) is 23.1. The summed E-state index contributed by atoms with van der Waals surface area (Å²) < 4.78 is 0. The molecule has 1 fully saturated rings. The number of carbonyl (C=O) groups excluding carboxylic acids is 1. The van der Waals surface area contributed by atoms with Gasteiger partial charge in [-0.05, 0) is 56.2 Å². The molecule has 7 heteroatoms. The first-order valence-electron chi connectivity index (χ1n) is 10.8. The Kier molecular flexibility index (Phi) is 7.54. The van der Waals surface area contributed by atoms with Gasteiger partial charge in [-0.3, -0.25) is 9.80 Å². The molecule has 1 aliphatic heterocycles. The van der Waals surface area contributed by atoms with E-state index >= 15 is 0 Å².